The van der Waals surface area contributed by atoms with Gasteiger partial charge in [0.2, 0.25) is 5.95 Å². The molecular formula is C20H18N6S. The van der Waals surface area contributed by atoms with Crippen LogP contribution in [0.4, 0.5) is 5.95 Å². The number of benzene rings is 1. The highest BCUT2D eigenvalue weighted by Crippen LogP contribution is 2.26. The maximum absolute atomic E-state index is 4.75. The summed E-state index contributed by atoms with van der Waals surface area (Å²) in [4.78, 5) is 9.76. The van der Waals surface area contributed by atoms with Crippen LogP contribution in [0.3, 0.4) is 0 Å². The highest BCUT2D eigenvalue weighted by Gasteiger charge is 2.12. The number of hydrogen-bond acceptors (Lipinski definition) is 6. The number of aromatic nitrogens is 4. The second kappa shape index (κ2) is 7.51. The molecule has 0 unspecified atom stereocenters. The van der Waals surface area contributed by atoms with Crippen LogP contribution in [0.15, 0.2) is 65.2 Å². The summed E-state index contributed by atoms with van der Waals surface area (Å²) in [6.07, 6.45) is 3.72. The van der Waals surface area contributed by atoms with Gasteiger partial charge in [0, 0.05) is 23.1 Å². The summed E-state index contributed by atoms with van der Waals surface area (Å²) in [5.41, 5.74) is 7.51. The minimum Gasteiger partial charge on any atom is -0.245 e. The second-order valence-corrected chi connectivity index (χ2v) is 6.98. The van der Waals surface area contributed by atoms with Crippen LogP contribution >= 0.6 is 11.3 Å². The van der Waals surface area contributed by atoms with Gasteiger partial charge in [0.25, 0.3) is 0 Å². The zero-order valence-electron chi connectivity index (χ0n) is 15.0. The first kappa shape index (κ1) is 17.1. The molecule has 0 spiro atoms. The molecule has 3 heterocycles. The Balaban J connectivity index is 1.65. The molecule has 6 nitrogen and oxygen atoms in total. The molecular weight excluding hydrogens is 356 g/mol. The highest BCUT2D eigenvalue weighted by molar-refractivity contribution is 7.13. The predicted octanol–water partition coefficient (Wildman–Crippen LogP) is 4.45. The molecule has 0 atom stereocenters. The number of hydrazone groups is 1. The van der Waals surface area contributed by atoms with Gasteiger partial charge in [-0.15, -0.1) is 11.3 Å². The molecule has 1 N–H and O–H groups in total. The minimum atomic E-state index is 0.483. The Morgan fingerprint density at radius 1 is 1.04 bits per heavy atom. The lowest BCUT2D eigenvalue weighted by Crippen LogP contribution is -1.99. The van der Waals surface area contributed by atoms with Gasteiger partial charge in [0.05, 0.1) is 16.8 Å². The van der Waals surface area contributed by atoms with Crippen LogP contribution in [0.25, 0.3) is 16.3 Å². The van der Waals surface area contributed by atoms with Crippen molar-refractivity contribution in [1.29, 1.82) is 0 Å². The normalized spacial score (nSPS) is 11.2. The van der Waals surface area contributed by atoms with Crippen LogP contribution in [0, 0.1) is 13.8 Å². The van der Waals surface area contributed by atoms with Crippen molar-refractivity contribution in [3.05, 3.63) is 77.1 Å². The number of nitrogens with zero attached hydrogens (tertiary/aromatic N) is 5. The van der Waals surface area contributed by atoms with Crippen molar-refractivity contribution in [2.24, 2.45) is 5.10 Å². The van der Waals surface area contributed by atoms with E-state index in [0.29, 0.717) is 5.95 Å². The lowest BCUT2D eigenvalue weighted by atomic mass is 10.2. The molecule has 0 aliphatic carbocycles. The Kier molecular flexibility index (Phi) is 4.76. The van der Waals surface area contributed by atoms with E-state index in [0.717, 1.165) is 33.2 Å². The molecule has 0 aliphatic heterocycles. The van der Waals surface area contributed by atoms with Crippen LogP contribution in [-0.4, -0.2) is 26.0 Å². The molecule has 0 amide bonds. The maximum Gasteiger partial charge on any atom is 0.243 e. The molecule has 134 valence electrons. The van der Waals surface area contributed by atoms with E-state index >= 15 is 0 Å². The van der Waals surface area contributed by atoms with E-state index in [1.165, 1.54) is 0 Å². The van der Waals surface area contributed by atoms with Crippen LogP contribution in [0.5, 0.6) is 0 Å². The fourth-order valence-electron chi connectivity index (χ4n) is 2.74. The van der Waals surface area contributed by atoms with Crippen LogP contribution < -0.4 is 5.43 Å². The van der Waals surface area contributed by atoms with Crippen molar-refractivity contribution in [3.63, 3.8) is 0 Å². The Morgan fingerprint density at radius 2 is 1.81 bits per heavy atom. The van der Waals surface area contributed by atoms with E-state index in [2.05, 4.69) is 26.6 Å². The van der Waals surface area contributed by atoms with Crippen molar-refractivity contribution in [3.8, 4) is 16.3 Å². The first-order valence-electron chi connectivity index (χ1n) is 8.49. The molecule has 0 radical (unpaired) electrons. The van der Waals surface area contributed by atoms with Crippen molar-refractivity contribution in [1.82, 2.24) is 19.7 Å². The third-order valence-corrected chi connectivity index (χ3v) is 4.74. The number of para-hydroxylation sites is 1. The molecule has 27 heavy (non-hydrogen) atoms. The van der Waals surface area contributed by atoms with E-state index in [-0.39, 0.29) is 0 Å². The smallest absolute Gasteiger partial charge is 0.243 e. The Labute approximate surface area is 161 Å². The van der Waals surface area contributed by atoms with Gasteiger partial charge in [0.15, 0.2) is 0 Å². The van der Waals surface area contributed by atoms with E-state index < -0.39 is 0 Å². The van der Waals surface area contributed by atoms with Gasteiger partial charge >= 0.3 is 0 Å². The summed E-state index contributed by atoms with van der Waals surface area (Å²) in [7, 11) is 0. The quantitative estimate of drug-likeness (QED) is 0.414. The maximum atomic E-state index is 4.75. The summed E-state index contributed by atoms with van der Waals surface area (Å²) in [5.74, 6) is 0.483. The van der Waals surface area contributed by atoms with E-state index in [4.69, 9.17) is 5.10 Å². The summed E-state index contributed by atoms with van der Waals surface area (Å²) in [6, 6.07) is 16.0. The monoisotopic (exact) mass is 374 g/mol. The zero-order valence-corrected chi connectivity index (χ0v) is 15.8. The SMILES string of the molecule is Cc1cc(C)nc(N/N=C\c2cn(-c3ccccc3)nc2-c2cccs2)n1. The second-order valence-electron chi connectivity index (χ2n) is 6.03. The average molecular weight is 374 g/mol. The lowest BCUT2D eigenvalue weighted by Gasteiger charge is -2.01. The molecule has 1 aromatic carbocycles. The standard InChI is InChI=1S/C20H18N6S/c1-14-11-15(2)23-20(22-14)24-21-12-16-13-26(17-7-4-3-5-8-17)25-19(16)18-9-6-10-27-18/h3-13H,1-2H3,(H,22,23,24)/b21-12-. The van der Waals surface area contributed by atoms with E-state index in [1.54, 1.807) is 17.6 Å². The molecule has 4 aromatic rings. The molecule has 7 heteroatoms. The van der Waals surface area contributed by atoms with Gasteiger partial charge in [0.1, 0.15) is 5.69 Å². The van der Waals surface area contributed by atoms with Crippen LogP contribution in [0.2, 0.25) is 0 Å². The predicted molar refractivity (Wildman–Crippen MR) is 110 cm³/mol. The lowest BCUT2D eigenvalue weighted by molar-refractivity contribution is 0.885. The number of thiophene rings is 1. The summed E-state index contributed by atoms with van der Waals surface area (Å²) in [6.45, 7) is 3.87. The first-order valence-corrected chi connectivity index (χ1v) is 9.37. The summed E-state index contributed by atoms with van der Waals surface area (Å²) in [5, 5.41) is 11.1. The summed E-state index contributed by atoms with van der Waals surface area (Å²) >= 11 is 1.65. The first-order chi connectivity index (χ1) is 13.2. The number of rotatable bonds is 5. The van der Waals surface area contributed by atoms with Crippen molar-refractivity contribution in [2.45, 2.75) is 13.8 Å². The third-order valence-electron chi connectivity index (χ3n) is 3.87. The van der Waals surface area contributed by atoms with Crippen LogP contribution in [0.1, 0.15) is 17.0 Å². The van der Waals surface area contributed by atoms with E-state index in [1.807, 2.05) is 72.6 Å². The van der Waals surface area contributed by atoms with Gasteiger partial charge < -0.3 is 0 Å². The number of hydrogen-bond donors (Lipinski definition) is 1. The minimum absolute atomic E-state index is 0.483. The van der Waals surface area contributed by atoms with Crippen molar-refractivity contribution < 1.29 is 0 Å². The highest BCUT2D eigenvalue weighted by atomic mass is 32.1. The number of anilines is 1. The van der Waals surface area contributed by atoms with Gasteiger partial charge in [-0.3, -0.25) is 0 Å². The number of aryl methyl sites for hydroxylation is 2. The summed E-state index contributed by atoms with van der Waals surface area (Å²) < 4.78 is 1.86. The zero-order chi connectivity index (χ0) is 18.6. The Hall–Kier alpha value is -3.32. The van der Waals surface area contributed by atoms with Crippen LogP contribution in [-0.2, 0) is 0 Å². The van der Waals surface area contributed by atoms with Gasteiger partial charge in [-0.2, -0.15) is 10.2 Å². The molecule has 0 bridgehead atoms. The van der Waals surface area contributed by atoms with Gasteiger partial charge in [-0.05, 0) is 43.5 Å². The Bertz CT molecular complexity index is 1050. The number of nitrogens with one attached hydrogen (secondary N) is 1. The van der Waals surface area contributed by atoms with Crippen molar-refractivity contribution in [2.75, 3.05) is 5.43 Å². The largest absolute Gasteiger partial charge is 0.245 e. The topological polar surface area (TPSA) is 68.0 Å². The van der Waals surface area contributed by atoms with Gasteiger partial charge in [-0.25, -0.2) is 20.1 Å². The molecule has 4 rings (SSSR count). The molecule has 0 saturated carbocycles. The van der Waals surface area contributed by atoms with Gasteiger partial charge in [-0.1, -0.05) is 24.3 Å². The molecule has 3 aromatic heterocycles. The fourth-order valence-corrected chi connectivity index (χ4v) is 3.47. The average Bonchev–Trinajstić information content (AvgIpc) is 3.31. The van der Waals surface area contributed by atoms with Crippen molar-refractivity contribution >= 4 is 23.5 Å². The Morgan fingerprint density at radius 3 is 2.52 bits per heavy atom. The fraction of sp³-hybridized carbons (Fsp3) is 0.100. The molecule has 0 saturated heterocycles. The molecule has 0 fully saturated rings. The van der Waals surface area contributed by atoms with E-state index in [9.17, 15) is 0 Å². The third kappa shape index (κ3) is 3.93. The molecule has 0 aliphatic rings.